The van der Waals surface area contributed by atoms with Gasteiger partial charge in [0.25, 0.3) is 0 Å². The van der Waals surface area contributed by atoms with Gasteiger partial charge in [-0.1, -0.05) is 103 Å². The molecule has 0 aliphatic rings. The van der Waals surface area contributed by atoms with Crippen LogP contribution in [0.5, 0.6) is 0 Å². The van der Waals surface area contributed by atoms with Gasteiger partial charge in [-0.15, -0.1) is 0 Å². The third kappa shape index (κ3) is 46.5. The van der Waals surface area contributed by atoms with Crippen molar-refractivity contribution in [2.24, 2.45) is 0 Å². The van der Waals surface area contributed by atoms with Gasteiger partial charge in [-0.25, -0.2) is 4.79 Å². The number of unbranched alkanes of at least 4 members (excludes halogenated alkanes) is 14. The summed E-state index contributed by atoms with van der Waals surface area (Å²) in [5.74, 6) is -0.594. The van der Waals surface area contributed by atoms with Crippen molar-refractivity contribution in [3.63, 3.8) is 0 Å². The van der Waals surface area contributed by atoms with E-state index in [1.807, 2.05) is 0 Å². The van der Waals surface area contributed by atoms with Gasteiger partial charge in [-0.2, -0.15) is 0 Å². The molecule has 320 valence electrons. The minimum Gasteiger partial charge on any atom is -0.463 e. The molecule has 0 rings (SSSR count). The van der Waals surface area contributed by atoms with E-state index in [9.17, 15) is 9.59 Å². The first kappa shape index (κ1) is 52.3. The summed E-state index contributed by atoms with van der Waals surface area (Å²) in [5.41, 5.74) is 0. The van der Waals surface area contributed by atoms with Crippen molar-refractivity contribution in [2.75, 3.05) is 132 Å². The second kappa shape index (κ2) is 47.5. The molecule has 0 bridgehead atoms. The van der Waals surface area contributed by atoms with Crippen LogP contribution in [0.2, 0.25) is 0 Å². The molecule has 0 aliphatic heterocycles. The first-order chi connectivity index (χ1) is 26.7. The molecule has 0 fully saturated rings. The first-order valence-electron chi connectivity index (χ1n) is 20.8. The molecule has 0 atom stereocenters. The van der Waals surface area contributed by atoms with Crippen molar-refractivity contribution < 1.29 is 61.7 Å². The average molecular weight is 779 g/mol. The highest BCUT2D eigenvalue weighted by Gasteiger charge is 2.03. The number of rotatable bonds is 47. The summed E-state index contributed by atoms with van der Waals surface area (Å²) >= 11 is 0. The third-order valence-electron chi connectivity index (χ3n) is 8.09. The van der Waals surface area contributed by atoms with Crippen LogP contribution in [0.4, 0.5) is 0 Å². The van der Waals surface area contributed by atoms with E-state index in [-0.39, 0.29) is 19.2 Å². The van der Waals surface area contributed by atoms with Crippen molar-refractivity contribution in [1.82, 2.24) is 0 Å². The fourth-order valence-electron chi connectivity index (χ4n) is 5.05. The Balaban J connectivity index is 3.14. The van der Waals surface area contributed by atoms with E-state index in [0.717, 1.165) is 18.9 Å². The lowest BCUT2D eigenvalue weighted by Gasteiger charge is -2.09. The van der Waals surface area contributed by atoms with Crippen LogP contribution in [0.25, 0.3) is 0 Å². The van der Waals surface area contributed by atoms with E-state index in [0.29, 0.717) is 125 Å². The number of hydrogen-bond donors (Lipinski definition) is 0. The molecule has 13 heteroatoms. The summed E-state index contributed by atoms with van der Waals surface area (Å²) in [4.78, 5) is 22.8. The zero-order chi connectivity index (χ0) is 39.1. The Morgan fingerprint density at radius 1 is 0.352 bits per heavy atom. The summed E-state index contributed by atoms with van der Waals surface area (Å²) < 4.78 is 59.0. The molecule has 0 heterocycles. The fraction of sp³-hybridized carbons (Fsp3) is 0.902. The minimum absolute atomic E-state index is 0.134. The number of hydrogen-bond acceptors (Lipinski definition) is 13. The number of carbonyl (C=O) groups excluding carboxylic acids is 2. The maximum absolute atomic E-state index is 11.9. The lowest BCUT2D eigenvalue weighted by atomic mass is 10.0. The van der Waals surface area contributed by atoms with Gasteiger partial charge in [0.1, 0.15) is 13.2 Å². The summed E-state index contributed by atoms with van der Waals surface area (Å²) in [5, 5.41) is 0. The highest BCUT2D eigenvalue weighted by molar-refractivity contribution is 5.81. The molecule has 0 aromatic carbocycles. The highest BCUT2D eigenvalue weighted by Crippen LogP contribution is 2.13. The van der Waals surface area contributed by atoms with Crippen LogP contribution in [-0.4, -0.2) is 144 Å². The Hall–Kier alpha value is -1.68. The fourth-order valence-corrected chi connectivity index (χ4v) is 5.05. The van der Waals surface area contributed by atoms with Gasteiger partial charge in [-0.05, 0) is 6.42 Å². The van der Waals surface area contributed by atoms with Gasteiger partial charge in [0, 0.05) is 12.5 Å². The van der Waals surface area contributed by atoms with Crippen molar-refractivity contribution >= 4 is 11.9 Å². The van der Waals surface area contributed by atoms with E-state index in [1.54, 1.807) is 0 Å². The van der Waals surface area contributed by atoms with Gasteiger partial charge in [-0.3, -0.25) is 4.79 Å². The Morgan fingerprint density at radius 3 is 0.870 bits per heavy atom. The van der Waals surface area contributed by atoms with Crippen molar-refractivity contribution in [2.45, 2.75) is 110 Å². The SMILES string of the molecule is C=CC(=O)OCCOCCOCCOCCOCCOCCOCCOCCOCCOCCOC(=O)CCCCCCCCCCCCCCCCC. The van der Waals surface area contributed by atoms with Crippen LogP contribution in [-0.2, 0) is 61.7 Å². The molecule has 0 spiro atoms. The predicted octanol–water partition coefficient (Wildman–Crippen LogP) is 6.67. The Morgan fingerprint density at radius 2 is 0.593 bits per heavy atom. The number of esters is 2. The Bertz CT molecular complexity index is 771. The van der Waals surface area contributed by atoms with Crippen molar-refractivity contribution in [3.8, 4) is 0 Å². The van der Waals surface area contributed by atoms with Crippen LogP contribution < -0.4 is 0 Å². The van der Waals surface area contributed by atoms with E-state index < -0.39 is 5.97 Å². The summed E-state index contributed by atoms with van der Waals surface area (Å²) in [6.45, 7) is 14.3. The van der Waals surface area contributed by atoms with Gasteiger partial charge in [0.2, 0.25) is 0 Å². The molecule has 54 heavy (non-hydrogen) atoms. The molecule has 0 saturated heterocycles. The molecule has 0 N–H and O–H groups in total. The normalized spacial score (nSPS) is 11.3. The smallest absolute Gasteiger partial charge is 0.330 e. The molecule has 0 radical (unpaired) electrons. The quantitative estimate of drug-likeness (QED) is 0.0370. The van der Waals surface area contributed by atoms with E-state index in [2.05, 4.69) is 13.5 Å². The van der Waals surface area contributed by atoms with Crippen molar-refractivity contribution in [1.29, 1.82) is 0 Å². The molecule has 0 aromatic rings. The van der Waals surface area contributed by atoms with Gasteiger partial charge in [0.15, 0.2) is 0 Å². The molecule has 0 aliphatic carbocycles. The summed E-state index contributed by atoms with van der Waals surface area (Å²) in [7, 11) is 0. The van der Waals surface area contributed by atoms with Gasteiger partial charge >= 0.3 is 11.9 Å². The second-order valence-electron chi connectivity index (χ2n) is 12.8. The molecular weight excluding hydrogens is 700 g/mol. The van der Waals surface area contributed by atoms with Crippen LogP contribution >= 0.6 is 0 Å². The largest absolute Gasteiger partial charge is 0.463 e. The molecule has 0 saturated carbocycles. The summed E-state index contributed by atoms with van der Waals surface area (Å²) in [6.07, 6.45) is 21.3. The zero-order valence-corrected chi connectivity index (χ0v) is 34.0. The number of ether oxygens (including phenoxy) is 11. The topological polar surface area (TPSA) is 136 Å². The average Bonchev–Trinajstić information content (AvgIpc) is 3.18. The van der Waals surface area contributed by atoms with Crippen LogP contribution in [0, 0.1) is 0 Å². The zero-order valence-electron chi connectivity index (χ0n) is 34.0. The molecule has 0 unspecified atom stereocenters. The van der Waals surface area contributed by atoms with E-state index in [1.165, 1.54) is 83.5 Å². The molecular formula is C41H78O13. The second-order valence-corrected chi connectivity index (χ2v) is 12.8. The monoisotopic (exact) mass is 779 g/mol. The number of carbonyl (C=O) groups is 2. The predicted molar refractivity (Wildman–Crippen MR) is 209 cm³/mol. The molecule has 0 amide bonds. The third-order valence-corrected chi connectivity index (χ3v) is 8.09. The van der Waals surface area contributed by atoms with Gasteiger partial charge < -0.3 is 52.1 Å². The van der Waals surface area contributed by atoms with E-state index >= 15 is 0 Å². The van der Waals surface area contributed by atoms with Crippen LogP contribution in [0.3, 0.4) is 0 Å². The van der Waals surface area contributed by atoms with E-state index in [4.69, 9.17) is 52.1 Å². The van der Waals surface area contributed by atoms with Crippen LogP contribution in [0.1, 0.15) is 110 Å². The first-order valence-corrected chi connectivity index (χ1v) is 20.8. The molecule has 13 nitrogen and oxygen atoms in total. The molecule has 0 aromatic heterocycles. The standard InChI is InChI=1S/C41H78O13/c1-3-5-6-7-8-9-10-11-12-13-14-15-16-17-18-19-41(43)54-39-37-52-35-33-50-31-29-48-27-25-46-23-21-44-20-22-45-24-26-47-28-30-49-32-34-51-36-38-53-40(42)4-2/h4H,2-3,5-39H2,1H3. The van der Waals surface area contributed by atoms with Gasteiger partial charge in [0.05, 0.1) is 119 Å². The lowest BCUT2D eigenvalue weighted by molar-refractivity contribution is -0.145. The minimum atomic E-state index is -0.460. The highest BCUT2D eigenvalue weighted by atomic mass is 16.6. The maximum atomic E-state index is 11.9. The summed E-state index contributed by atoms with van der Waals surface area (Å²) in [6, 6.07) is 0. The maximum Gasteiger partial charge on any atom is 0.330 e. The Labute approximate surface area is 327 Å². The van der Waals surface area contributed by atoms with Crippen molar-refractivity contribution in [3.05, 3.63) is 12.7 Å². The Kier molecular flexibility index (Phi) is 46.0. The van der Waals surface area contributed by atoms with Crippen LogP contribution in [0.15, 0.2) is 12.7 Å². The lowest BCUT2D eigenvalue weighted by Crippen LogP contribution is -2.15.